The molecule has 158 valence electrons. The molecule has 1 unspecified atom stereocenters. The molecule has 0 aliphatic heterocycles. The Morgan fingerprint density at radius 3 is 2.41 bits per heavy atom. The molecular weight excluding hydrogens is 413 g/mol. The van der Waals surface area contributed by atoms with E-state index in [0.717, 1.165) is 35.5 Å². The molecule has 29 heavy (non-hydrogen) atoms. The molecule has 0 saturated heterocycles. The molecule has 1 aromatic carbocycles. The fourth-order valence-electron chi connectivity index (χ4n) is 3.54. The number of halogens is 2. The quantitative estimate of drug-likeness (QED) is 0.446. The predicted molar refractivity (Wildman–Crippen MR) is 114 cm³/mol. The Kier molecular flexibility index (Phi) is 8.42. The van der Waals surface area contributed by atoms with Crippen LogP contribution in [0.5, 0.6) is 11.5 Å². The summed E-state index contributed by atoms with van der Waals surface area (Å²) in [6.07, 6.45) is 8.22. The average molecular weight is 440 g/mol. The molecule has 1 aliphatic rings. The SMILES string of the molecule is COCCOC(Cc1c(Cl)cncc1Cl)c1ccc(OC)c(OC2CCCC2)c1. The summed E-state index contributed by atoms with van der Waals surface area (Å²) in [5, 5.41) is 1.04. The molecule has 1 aromatic heterocycles. The monoisotopic (exact) mass is 439 g/mol. The second kappa shape index (κ2) is 11.0. The Labute approximate surface area is 182 Å². The number of nitrogens with zero attached hydrogens (tertiary/aromatic N) is 1. The minimum Gasteiger partial charge on any atom is -0.493 e. The van der Waals surface area contributed by atoms with Gasteiger partial charge >= 0.3 is 0 Å². The van der Waals surface area contributed by atoms with Crippen molar-refractivity contribution in [2.45, 2.75) is 44.3 Å². The molecule has 1 heterocycles. The topological polar surface area (TPSA) is 49.8 Å². The third kappa shape index (κ3) is 5.98. The second-order valence-corrected chi connectivity index (χ2v) is 7.89. The van der Waals surface area contributed by atoms with Crippen molar-refractivity contribution in [1.29, 1.82) is 0 Å². The number of hydrogen-bond acceptors (Lipinski definition) is 5. The summed E-state index contributed by atoms with van der Waals surface area (Å²) in [6.45, 7) is 0.947. The fraction of sp³-hybridized carbons (Fsp3) is 0.500. The summed E-state index contributed by atoms with van der Waals surface area (Å²) in [7, 11) is 3.30. The lowest BCUT2D eigenvalue weighted by atomic mass is 10.0. The van der Waals surface area contributed by atoms with Crippen LogP contribution in [0.4, 0.5) is 0 Å². The second-order valence-electron chi connectivity index (χ2n) is 7.07. The van der Waals surface area contributed by atoms with Crippen LogP contribution >= 0.6 is 23.2 Å². The van der Waals surface area contributed by atoms with Gasteiger partial charge in [-0.05, 0) is 48.9 Å². The van der Waals surface area contributed by atoms with Crippen LogP contribution in [0.2, 0.25) is 10.0 Å². The Bertz CT molecular complexity index is 776. The van der Waals surface area contributed by atoms with E-state index in [-0.39, 0.29) is 12.2 Å². The first-order chi connectivity index (χ1) is 14.1. The molecule has 5 nitrogen and oxygen atoms in total. The predicted octanol–water partition coefficient (Wildman–Crippen LogP) is 5.67. The van der Waals surface area contributed by atoms with Gasteiger partial charge in [0.05, 0.1) is 42.6 Å². The van der Waals surface area contributed by atoms with E-state index in [1.807, 2.05) is 18.2 Å². The lowest BCUT2D eigenvalue weighted by molar-refractivity contribution is 0.0163. The first-order valence-electron chi connectivity index (χ1n) is 9.85. The van der Waals surface area contributed by atoms with Gasteiger partial charge in [0.2, 0.25) is 0 Å². The number of aromatic nitrogens is 1. The third-order valence-corrected chi connectivity index (χ3v) is 5.76. The van der Waals surface area contributed by atoms with Crippen molar-refractivity contribution in [1.82, 2.24) is 4.98 Å². The minimum absolute atomic E-state index is 0.232. The van der Waals surface area contributed by atoms with Gasteiger partial charge < -0.3 is 18.9 Å². The van der Waals surface area contributed by atoms with Crippen molar-refractivity contribution in [2.24, 2.45) is 0 Å². The number of benzene rings is 1. The van der Waals surface area contributed by atoms with E-state index in [1.165, 1.54) is 12.8 Å². The zero-order valence-electron chi connectivity index (χ0n) is 16.8. The molecule has 1 fully saturated rings. The maximum Gasteiger partial charge on any atom is 0.161 e. The number of methoxy groups -OCH3 is 2. The summed E-state index contributed by atoms with van der Waals surface area (Å²) >= 11 is 12.7. The van der Waals surface area contributed by atoms with Gasteiger partial charge in [-0.1, -0.05) is 29.3 Å². The highest BCUT2D eigenvalue weighted by Gasteiger charge is 2.22. The van der Waals surface area contributed by atoms with E-state index in [4.69, 9.17) is 42.1 Å². The summed E-state index contributed by atoms with van der Waals surface area (Å²) in [4.78, 5) is 4.03. The molecule has 2 aromatic rings. The van der Waals surface area contributed by atoms with Crippen LogP contribution in [0.1, 0.15) is 42.9 Å². The Morgan fingerprint density at radius 1 is 1.03 bits per heavy atom. The molecule has 3 rings (SSSR count). The molecule has 0 amide bonds. The summed E-state index contributed by atoms with van der Waals surface area (Å²) in [6, 6.07) is 5.90. The van der Waals surface area contributed by atoms with Gasteiger partial charge in [-0.25, -0.2) is 0 Å². The van der Waals surface area contributed by atoms with E-state index in [0.29, 0.717) is 29.7 Å². The molecular formula is C22H27Cl2NO4. The van der Waals surface area contributed by atoms with Gasteiger partial charge in [0.15, 0.2) is 11.5 Å². The van der Waals surface area contributed by atoms with E-state index in [9.17, 15) is 0 Å². The number of rotatable bonds is 10. The Balaban J connectivity index is 1.87. The fourth-order valence-corrected chi connectivity index (χ4v) is 4.06. The summed E-state index contributed by atoms with van der Waals surface area (Å²) in [5.41, 5.74) is 1.78. The zero-order valence-corrected chi connectivity index (χ0v) is 18.3. The maximum atomic E-state index is 6.34. The van der Waals surface area contributed by atoms with E-state index >= 15 is 0 Å². The summed E-state index contributed by atoms with van der Waals surface area (Å²) in [5.74, 6) is 1.46. The standard InChI is InChI=1S/C22H27Cl2NO4/c1-26-9-10-28-21(12-17-18(23)13-25-14-19(17)24)15-7-8-20(27-2)22(11-15)29-16-5-3-4-6-16/h7-8,11,13-14,16,21H,3-6,9-10,12H2,1-2H3. The first-order valence-corrected chi connectivity index (χ1v) is 10.6. The molecule has 0 spiro atoms. The van der Waals surface area contributed by atoms with Gasteiger partial charge in [-0.2, -0.15) is 0 Å². The van der Waals surface area contributed by atoms with Crippen molar-refractivity contribution in [3.63, 3.8) is 0 Å². The molecule has 1 saturated carbocycles. The Morgan fingerprint density at radius 2 is 1.76 bits per heavy atom. The van der Waals surface area contributed by atoms with Crippen LogP contribution in [0.3, 0.4) is 0 Å². The van der Waals surface area contributed by atoms with Crippen molar-refractivity contribution in [3.05, 3.63) is 51.8 Å². The zero-order chi connectivity index (χ0) is 20.6. The molecule has 0 N–H and O–H groups in total. The van der Waals surface area contributed by atoms with Crippen molar-refractivity contribution in [2.75, 3.05) is 27.4 Å². The normalized spacial score (nSPS) is 15.4. The van der Waals surface area contributed by atoms with Crippen LogP contribution in [-0.2, 0) is 15.9 Å². The largest absolute Gasteiger partial charge is 0.493 e. The third-order valence-electron chi connectivity index (χ3n) is 5.10. The number of ether oxygens (including phenoxy) is 4. The maximum absolute atomic E-state index is 6.34. The van der Waals surface area contributed by atoms with Gasteiger partial charge in [-0.3, -0.25) is 4.98 Å². The van der Waals surface area contributed by atoms with Crippen LogP contribution in [0.15, 0.2) is 30.6 Å². The highest BCUT2D eigenvalue weighted by atomic mass is 35.5. The Hall–Kier alpha value is -1.53. The van der Waals surface area contributed by atoms with Gasteiger partial charge in [0.25, 0.3) is 0 Å². The highest BCUT2D eigenvalue weighted by Crippen LogP contribution is 2.37. The highest BCUT2D eigenvalue weighted by molar-refractivity contribution is 6.35. The number of pyridine rings is 1. The van der Waals surface area contributed by atoms with Crippen molar-refractivity contribution < 1.29 is 18.9 Å². The smallest absolute Gasteiger partial charge is 0.161 e. The van der Waals surface area contributed by atoms with E-state index < -0.39 is 0 Å². The minimum atomic E-state index is -0.264. The molecule has 7 heteroatoms. The van der Waals surface area contributed by atoms with Crippen LogP contribution < -0.4 is 9.47 Å². The van der Waals surface area contributed by atoms with E-state index in [1.54, 1.807) is 26.6 Å². The molecule has 0 radical (unpaired) electrons. The van der Waals surface area contributed by atoms with Gasteiger partial charge in [-0.15, -0.1) is 0 Å². The lowest BCUT2D eigenvalue weighted by Crippen LogP contribution is -2.14. The van der Waals surface area contributed by atoms with Crippen LogP contribution in [0.25, 0.3) is 0 Å². The average Bonchev–Trinajstić information content (AvgIpc) is 3.23. The van der Waals surface area contributed by atoms with Gasteiger partial charge in [0, 0.05) is 25.9 Å². The van der Waals surface area contributed by atoms with Crippen molar-refractivity contribution >= 4 is 23.2 Å². The molecule has 0 bridgehead atoms. The van der Waals surface area contributed by atoms with Crippen molar-refractivity contribution in [3.8, 4) is 11.5 Å². The summed E-state index contributed by atoms with van der Waals surface area (Å²) < 4.78 is 23.0. The first kappa shape index (κ1) is 22.2. The molecule has 1 atom stereocenters. The van der Waals surface area contributed by atoms with Gasteiger partial charge in [0.1, 0.15) is 0 Å². The van der Waals surface area contributed by atoms with E-state index in [2.05, 4.69) is 4.98 Å². The molecule has 1 aliphatic carbocycles. The lowest BCUT2D eigenvalue weighted by Gasteiger charge is -2.22. The van der Waals surface area contributed by atoms with Crippen LogP contribution in [-0.4, -0.2) is 38.5 Å². The van der Waals surface area contributed by atoms with Crippen LogP contribution in [0, 0.1) is 0 Å². The number of hydrogen-bond donors (Lipinski definition) is 0.